The average molecular weight is 351 g/mol. The normalized spacial score (nSPS) is 9.92. The van der Waals surface area contributed by atoms with E-state index < -0.39 is 0 Å². The third-order valence-corrected chi connectivity index (χ3v) is 3.39. The highest BCUT2D eigenvalue weighted by Crippen LogP contribution is 2.25. The summed E-state index contributed by atoms with van der Waals surface area (Å²) in [5.41, 5.74) is 8.39. The smallest absolute Gasteiger partial charge is 0.256 e. The monoisotopic (exact) mass is 350 g/mol. The summed E-state index contributed by atoms with van der Waals surface area (Å²) in [6.45, 7) is 3.04. The maximum atomic E-state index is 12.5. The molecule has 0 aliphatic heterocycles. The van der Waals surface area contributed by atoms with Crippen molar-refractivity contribution in [2.45, 2.75) is 13.3 Å². The first-order chi connectivity index (χ1) is 11.1. The van der Waals surface area contributed by atoms with Gasteiger partial charge in [-0.15, -0.1) is 12.4 Å². The van der Waals surface area contributed by atoms with Crippen LogP contribution >= 0.6 is 12.4 Å². The quantitative estimate of drug-likeness (QED) is 0.590. The number of hydrogen-bond acceptors (Lipinski definition) is 4. The van der Waals surface area contributed by atoms with Crippen LogP contribution in [0, 0.1) is 6.92 Å². The van der Waals surface area contributed by atoms with Gasteiger partial charge in [-0.3, -0.25) is 4.79 Å². The molecule has 2 rings (SSSR count). The molecular weight excluding hydrogens is 328 g/mol. The minimum atomic E-state index is -0.206. The van der Waals surface area contributed by atoms with Crippen molar-refractivity contribution in [3.8, 4) is 5.75 Å². The molecule has 0 aliphatic rings. The molecule has 0 aliphatic carbocycles. The van der Waals surface area contributed by atoms with E-state index in [9.17, 15) is 4.79 Å². The lowest BCUT2D eigenvalue weighted by Crippen LogP contribution is -2.15. The van der Waals surface area contributed by atoms with Gasteiger partial charge in [0.15, 0.2) is 0 Å². The van der Waals surface area contributed by atoms with Gasteiger partial charge in [0.2, 0.25) is 0 Å². The van der Waals surface area contributed by atoms with Crippen molar-refractivity contribution in [1.29, 1.82) is 0 Å². The van der Waals surface area contributed by atoms with Crippen LogP contribution in [0.1, 0.15) is 22.3 Å². The van der Waals surface area contributed by atoms with Crippen LogP contribution in [0.15, 0.2) is 42.5 Å². The summed E-state index contributed by atoms with van der Waals surface area (Å²) in [6.07, 6.45) is 0.785. The summed E-state index contributed by atoms with van der Waals surface area (Å²) >= 11 is 0. The Labute approximate surface area is 148 Å². The van der Waals surface area contributed by atoms with Gasteiger partial charge in [-0.2, -0.15) is 0 Å². The summed E-state index contributed by atoms with van der Waals surface area (Å²) < 4.78 is 10.7. The SMILES string of the molecule is COCCCOc1ccccc1NC(=O)c1cc(N)ccc1C.Cl. The molecule has 0 saturated carbocycles. The molecule has 130 valence electrons. The van der Waals surface area contributed by atoms with Gasteiger partial charge in [0.05, 0.1) is 12.3 Å². The van der Waals surface area contributed by atoms with Crippen molar-refractivity contribution < 1.29 is 14.3 Å². The molecule has 24 heavy (non-hydrogen) atoms. The molecule has 6 heteroatoms. The zero-order valence-corrected chi connectivity index (χ0v) is 14.7. The fourth-order valence-corrected chi connectivity index (χ4v) is 2.16. The first-order valence-corrected chi connectivity index (χ1v) is 7.50. The van der Waals surface area contributed by atoms with E-state index in [1.165, 1.54) is 0 Å². The number of para-hydroxylation sites is 2. The van der Waals surface area contributed by atoms with Crippen LogP contribution in [0.25, 0.3) is 0 Å². The Hall–Kier alpha value is -2.24. The van der Waals surface area contributed by atoms with E-state index in [1.807, 2.05) is 37.3 Å². The van der Waals surface area contributed by atoms with Crippen LogP contribution in [0.5, 0.6) is 5.75 Å². The number of amides is 1. The molecule has 2 aromatic rings. The van der Waals surface area contributed by atoms with Crippen molar-refractivity contribution >= 4 is 29.7 Å². The largest absolute Gasteiger partial charge is 0.491 e. The highest BCUT2D eigenvalue weighted by atomic mass is 35.5. The van der Waals surface area contributed by atoms with Crippen molar-refractivity contribution in [3.05, 3.63) is 53.6 Å². The summed E-state index contributed by atoms with van der Waals surface area (Å²) in [5, 5.41) is 2.89. The number of methoxy groups -OCH3 is 1. The predicted octanol–water partition coefficient (Wildman–Crippen LogP) is 3.67. The van der Waals surface area contributed by atoms with Crippen LogP contribution in [0.3, 0.4) is 0 Å². The van der Waals surface area contributed by atoms with Gasteiger partial charge in [-0.25, -0.2) is 0 Å². The zero-order chi connectivity index (χ0) is 16.7. The standard InChI is InChI=1S/C18H22N2O3.ClH/c1-13-8-9-14(19)12-15(13)18(21)20-16-6-3-4-7-17(16)23-11-5-10-22-2;/h3-4,6-9,12H,5,10-11,19H2,1-2H3,(H,20,21);1H. The molecule has 0 atom stereocenters. The zero-order valence-electron chi connectivity index (χ0n) is 13.9. The Balaban J connectivity index is 0.00000288. The number of ether oxygens (including phenoxy) is 2. The van der Waals surface area contributed by atoms with E-state index in [4.69, 9.17) is 15.2 Å². The van der Waals surface area contributed by atoms with Crippen LogP contribution in [-0.2, 0) is 4.74 Å². The van der Waals surface area contributed by atoms with Crippen molar-refractivity contribution in [1.82, 2.24) is 0 Å². The molecule has 0 spiro atoms. The Morgan fingerprint density at radius 2 is 1.92 bits per heavy atom. The number of nitrogens with one attached hydrogen (secondary N) is 1. The second kappa shape index (κ2) is 9.80. The lowest BCUT2D eigenvalue weighted by atomic mass is 10.1. The number of halogens is 1. The van der Waals surface area contributed by atoms with Crippen LogP contribution < -0.4 is 15.8 Å². The van der Waals surface area contributed by atoms with E-state index >= 15 is 0 Å². The minimum Gasteiger partial charge on any atom is -0.491 e. The predicted molar refractivity (Wildman–Crippen MR) is 99.2 cm³/mol. The summed E-state index contributed by atoms with van der Waals surface area (Å²) in [5.74, 6) is 0.432. The molecule has 0 radical (unpaired) electrons. The molecule has 0 fully saturated rings. The molecule has 0 heterocycles. The van der Waals surface area contributed by atoms with Crippen molar-refractivity contribution in [3.63, 3.8) is 0 Å². The first-order valence-electron chi connectivity index (χ1n) is 7.50. The van der Waals surface area contributed by atoms with Gasteiger partial charge in [0, 0.05) is 31.4 Å². The second-order valence-corrected chi connectivity index (χ2v) is 5.22. The molecule has 5 nitrogen and oxygen atoms in total. The fourth-order valence-electron chi connectivity index (χ4n) is 2.16. The Morgan fingerprint density at radius 1 is 1.17 bits per heavy atom. The summed E-state index contributed by atoms with van der Waals surface area (Å²) in [6, 6.07) is 12.6. The van der Waals surface area contributed by atoms with Crippen molar-refractivity contribution in [2.24, 2.45) is 0 Å². The highest BCUT2D eigenvalue weighted by Gasteiger charge is 2.12. The van der Waals surface area contributed by atoms with Gasteiger partial charge < -0.3 is 20.5 Å². The average Bonchev–Trinajstić information content (AvgIpc) is 2.55. The van der Waals surface area contributed by atoms with Crippen molar-refractivity contribution in [2.75, 3.05) is 31.4 Å². The van der Waals surface area contributed by atoms with Gasteiger partial charge in [0.1, 0.15) is 5.75 Å². The molecule has 0 aromatic heterocycles. The Morgan fingerprint density at radius 3 is 2.67 bits per heavy atom. The lowest BCUT2D eigenvalue weighted by molar-refractivity contribution is 0.102. The molecule has 1 amide bonds. The molecule has 3 N–H and O–H groups in total. The summed E-state index contributed by atoms with van der Waals surface area (Å²) in [4.78, 5) is 12.5. The third kappa shape index (κ3) is 5.44. The van der Waals surface area contributed by atoms with E-state index in [1.54, 1.807) is 19.2 Å². The van der Waals surface area contributed by atoms with Gasteiger partial charge >= 0.3 is 0 Å². The number of anilines is 2. The second-order valence-electron chi connectivity index (χ2n) is 5.22. The number of benzene rings is 2. The van der Waals surface area contributed by atoms with Gasteiger partial charge in [-0.1, -0.05) is 18.2 Å². The molecule has 0 unspecified atom stereocenters. The van der Waals surface area contributed by atoms with Gasteiger partial charge in [0.25, 0.3) is 5.91 Å². The highest BCUT2D eigenvalue weighted by molar-refractivity contribution is 6.06. The minimum absolute atomic E-state index is 0. The molecule has 2 aromatic carbocycles. The number of carbonyl (C=O) groups is 1. The maximum Gasteiger partial charge on any atom is 0.256 e. The van der Waals surface area contributed by atoms with Gasteiger partial charge in [-0.05, 0) is 36.8 Å². The molecular formula is C18H23ClN2O3. The lowest BCUT2D eigenvalue weighted by Gasteiger charge is -2.13. The molecule has 0 bridgehead atoms. The molecule has 0 saturated heterocycles. The van der Waals surface area contributed by atoms with Crippen LogP contribution in [0.4, 0.5) is 11.4 Å². The first kappa shape index (κ1) is 19.8. The number of rotatable bonds is 7. The third-order valence-electron chi connectivity index (χ3n) is 3.39. The number of carbonyl (C=O) groups excluding carboxylic acids is 1. The van der Waals surface area contributed by atoms with Crippen LogP contribution in [-0.4, -0.2) is 26.2 Å². The summed E-state index contributed by atoms with van der Waals surface area (Å²) in [7, 11) is 1.65. The Bertz CT molecular complexity index is 677. The number of nitrogen functional groups attached to an aromatic ring is 1. The fraction of sp³-hybridized carbons (Fsp3) is 0.278. The van der Waals surface area contributed by atoms with E-state index in [0.29, 0.717) is 35.9 Å². The Kier molecular flexibility index (Phi) is 8.09. The van der Waals surface area contributed by atoms with Crippen LogP contribution in [0.2, 0.25) is 0 Å². The van der Waals surface area contributed by atoms with E-state index in [-0.39, 0.29) is 18.3 Å². The maximum absolute atomic E-state index is 12.5. The number of nitrogens with two attached hydrogens (primary N) is 1. The van der Waals surface area contributed by atoms with E-state index in [2.05, 4.69) is 5.32 Å². The number of hydrogen-bond donors (Lipinski definition) is 2. The number of aryl methyl sites for hydroxylation is 1. The van der Waals surface area contributed by atoms with E-state index in [0.717, 1.165) is 12.0 Å². The topological polar surface area (TPSA) is 73.6 Å².